The summed E-state index contributed by atoms with van der Waals surface area (Å²) in [4.78, 5) is 11.7. The Bertz CT molecular complexity index is 753. The molecule has 0 bridgehead atoms. The van der Waals surface area contributed by atoms with E-state index in [1.807, 2.05) is 29.8 Å². The molecule has 0 amide bonds. The molecule has 23 heavy (non-hydrogen) atoms. The number of benzene rings is 1. The minimum atomic E-state index is -0.929. The normalized spacial score (nSPS) is 17.8. The van der Waals surface area contributed by atoms with Crippen LogP contribution in [0.2, 0.25) is 0 Å². The third kappa shape index (κ3) is 2.90. The van der Waals surface area contributed by atoms with Gasteiger partial charge in [0.05, 0.1) is 5.69 Å². The molecule has 1 aliphatic rings. The van der Waals surface area contributed by atoms with Crippen LogP contribution in [0.1, 0.15) is 54.5 Å². The topological polar surface area (TPSA) is 55.1 Å². The number of rotatable bonds is 2. The van der Waals surface area contributed by atoms with Crippen LogP contribution in [0, 0.1) is 18.3 Å². The third-order valence-corrected chi connectivity index (χ3v) is 4.94. The van der Waals surface area contributed by atoms with Crippen LogP contribution in [0.5, 0.6) is 0 Å². The van der Waals surface area contributed by atoms with Crippen molar-refractivity contribution in [2.45, 2.75) is 47.0 Å². The Labute approximate surface area is 137 Å². The summed E-state index contributed by atoms with van der Waals surface area (Å²) in [6, 6.07) is 8.06. The molecule has 2 aromatic rings. The van der Waals surface area contributed by atoms with E-state index in [2.05, 4.69) is 31.9 Å². The van der Waals surface area contributed by atoms with E-state index in [1.54, 1.807) is 0 Å². The Hall–Kier alpha value is -2.10. The summed E-state index contributed by atoms with van der Waals surface area (Å²) in [6.45, 7) is 8.73. The van der Waals surface area contributed by atoms with Gasteiger partial charge in [-0.1, -0.05) is 32.9 Å². The average Bonchev–Trinajstić information content (AvgIpc) is 2.85. The second-order valence-electron chi connectivity index (χ2n) is 7.64. The van der Waals surface area contributed by atoms with E-state index in [0.29, 0.717) is 5.92 Å². The number of nitrogens with zero attached hydrogens (tertiary/aromatic N) is 2. The standard InChI is InChI=1S/C19H24N2O2/c1-12-6-5-7-14(10-12)21-16-9-8-13(19(2,3)4)11-15(16)17(20-21)18(22)23/h5-7,10,13H,8-9,11H2,1-4H3,(H,22,23). The van der Waals surface area contributed by atoms with E-state index in [4.69, 9.17) is 0 Å². The number of carboxylic acids is 1. The molecule has 1 aliphatic carbocycles. The van der Waals surface area contributed by atoms with Crippen molar-refractivity contribution in [3.05, 3.63) is 46.8 Å². The number of carbonyl (C=O) groups is 1. The van der Waals surface area contributed by atoms with Gasteiger partial charge in [0, 0.05) is 11.3 Å². The molecule has 1 unspecified atom stereocenters. The van der Waals surface area contributed by atoms with Gasteiger partial charge in [-0.2, -0.15) is 5.10 Å². The third-order valence-electron chi connectivity index (χ3n) is 4.94. The molecule has 1 N–H and O–H groups in total. The van der Waals surface area contributed by atoms with E-state index in [9.17, 15) is 9.90 Å². The fourth-order valence-electron chi connectivity index (χ4n) is 3.50. The summed E-state index contributed by atoms with van der Waals surface area (Å²) in [6.07, 6.45) is 2.75. The van der Waals surface area contributed by atoms with Gasteiger partial charge in [0.1, 0.15) is 0 Å². The lowest BCUT2D eigenvalue weighted by Gasteiger charge is -2.34. The Morgan fingerprint density at radius 1 is 1.35 bits per heavy atom. The lowest BCUT2D eigenvalue weighted by atomic mass is 9.71. The van der Waals surface area contributed by atoms with Crippen molar-refractivity contribution in [1.29, 1.82) is 0 Å². The van der Waals surface area contributed by atoms with Gasteiger partial charge in [0.2, 0.25) is 0 Å². The quantitative estimate of drug-likeness (QED) is 0.911. The second kappa shape index (κ2) is 5.52. The molecule has 4 nitrogen and oxygen atoms in total. The fourth-order valence-corrected chi connectivity index (χ4v) is 3.50. The summed E-state index contributed by atoms with van der Waals surface area (Å²) in [5, 5.41) is 14.0. The molecule has 0 aliphatic heterocycles. The van der Waals surface area contributed by atoms with Crippen molar-refractivity contribution < 1.29 is 9.90 Å². The lowest BCUT2D eigenvalue weighted by molar-refractivity contribution is 0.0687. The molecule has 122 valence electrons. The number of aryl methyl sites for hydroxylation is 1. The predicted molar refractivity (Wildman–Crippen MR) is 90.2 cm³/mol. The molecule has 1 aromatic heterocycles. The first kappa shape index (κ1) is 15.8. The van der Waals surface area contributed by atoms with Gasteiger partial charge < -0.3 is 5.11 Å². The number of hydrogen-bond acceptors (Lipinski definition) is 2. The lowest BCUT2D eigenvalue weighted by Crippen LogP contribution is -2.27. The maximum Gasteiger partial charge on any atom is 0.356 e. The van der Waals surface area contributed by atoms with E-state index in [0.717, 1.165) is 41.8 Å². The molecule has 0 saturated carbocycles. The van der Waals surface area contributed by atoms with Crippen LogP contribution < -0.4 is 0 Å². The van der Waals surface area contributed by atoms with E-state index in [-0.39, 0.29) is 11.1 Å². The van der Waals surface area contributed by atoms with Crippen LogP contribution in [0.4, 0.5) is 0 Å². The summed E-state index contributed by atoms with van der Waals surface area (Å²) < 4.78 is 1.84. The van der Waals surface area contributed by atoms with Crippen LogP contribution in [-0.4, -0.2) is 20.9 Å². The minimum absolute atomic E-state index is 0.179. The molecule has 0 saturated heterocycles. The van der Waals surface area contributed by atoms with Crippen LogP contribution in [0.15, 0.2) is 24.3 Å². The zero-order chi connectivity index (χ0) is 16.8. The first-order valence-corrected chi connectivity index (χ1v) is 8.18. The van der Waals surface area contributed by atoms with E-state index < -0.39 is 5.97 Å². The SMILES string of the molecule is Cc1cccc(-n2nc(C(=O)O)c3c2CCC(C(C)(C)C)C3)c1. The van der Waals surface area contributed by atoms with Crippen molar-refractivity contribution in [2.75, 3.05) is 0 Å². The van der Waals surface area contributed by atoms with Gasteiger partial charge in [-0.05, 0) is 55.2 Å². The number of aromatic carboxylic acids is 1. The van der Waals surface area contributed by atoms with Crippen molar-refractivity contribution in [2.24, 2.45) is 11.3 Å². The molecule has 1 aromatic carbocycles. The van der Waals surface area contributed by atoms with Gasteiger partial charge in [-0.15, -0.1) is 0 Å². The van der Waals surface area contributed by atoms with Gasteiger partial charge in [0.25, 0.3) is 0 Å². The van der Waals surface area contributed by atoms with Crippen LogP contribution in [-0.2, 0) is 12.8 Å². The van der Waals surface area contributed by atoms with Crippen LogP contribution in [0.3, 0.4) is 0 Å². The van der Waals surface area contributed by atoms with Gasteiger partial charge >= 0.3 is 5.97 Å². The maximum absolute atomic E-state index is 11.7. The summed E-state index contributed by atoms with van der Waals surface area (Å²) in [5.74, 6) is -0.439. The van der Waals surface area contributed by atoms with Gasteiger partial charge in [0.15, 0.2) is 5.69 Å². The summed E-state index contributed by atoms with van der Waals surface area (Å²) >= 11 is 0. The van der Waals surface area contributed by atoms with Crippen LogP contribution >= 0.6 is 0 Å². The molecule has 0 radical (unpaired) electrons. The Morgan fingerprint density at radius 2 is 2.09 bits per heavy atom. The molecule has 1 heterocycles. The predicted octanol–water partition coefficient (Wildman–Crippen LogP) is 4.03. The largest absolute Gasteiger partial charge is 0.476 e. The summed E-state index contributed by atoms with van der Waals surface area (Å²) in [7, 11) is 0. The monoisotopic (exact) mass is 312 g/mol. The second-order valence-corrected chi connectivity index (χ2v) is 7.64. The summed E-state index contributed by atoms with van der Waals surface area (Å²) in [5.41, 5.74) is 4.47. The maximum atomic E-state index is 11.7. The molecule has 0 fully saturated rings. The highest BCUT2D eigenvalue weighted by Gasteiger charge is 2.34. The highest BCUT2D eigenvalue weighted by Crippen LogP contribution is 2.39. The molecular weight excluding hydrogens is 288 g/mol. The van der Waals surface area contributed by atoms with Crippen molar-refractivity contribution in [3.63, 3.8) is 0 Å². The zero-order valence-corrected chi connectivity index (χ0v) is 14.3. The first-order chi connectivity index (χ1) is 10.8. The number of fused-ring (bicyclic) bond motifs is 1. The number of carboxylic acid groups (broad SMARTS) is 1. The van der Waals surface area contributed by atoms with E-state index >= 15 is 0 Å². The van der Waals surface area contributed by atoms with Crippen molar-refractivity contribution >= 4 is 5.97 Å². The zero-order valence-electron chi connectivity index (χ0n) is 14.3. The Morgan fingerprint density at radius 3 is 2.70 bits per heavy atom. The highest BCUT2D eigenvalue weighted by atomic mass is 16.4. The first-order valence-electron chi connectivity index (χ1n) is 8.18. The Balaban J connectivity index is 2.10. The van der Waals surface area contributed by atoms with Crippen LogP contribution in [0.25, 0.3) is 5.69 Å². The Kier molecular flexibility index (Phi) is 3.78. The average molecular weight is 312 g/mol. The minimum Gasteiger partial charge on any atom is -0.476 e. The van der Waals surface area contributed by atoms with Gasteiger partial charge in [-0.3, -0.25) is 0 Å². The smallest absolute Gasteiger partial charge is 0.356 e. The molecular formula is C19H24N2O2. The molecule has 1 atom stereocenters. The number of hydrogen-bond donors (Lipinski definition) is 1. The van der Waals surface area contributed by atoms with Crippen molar-refractivity contribution in [1.82, 2.24) is 9.78 Å². The molecule has 4 heteroatoms. The van der Waals surface area contributed by atoms with E-state index in [1.165, 1.54) is 0 Å². The van der Waals surface area contributed by atoms with Crippen molar-refractivity contribution in [3.8, 4) is 5.69 Å². The number of aromatic nitrogens is 2. The highest BCUT2D eigenvalue weighted by molar-refractivity contribution is 5.87. The fraction of sp³-hybridized carbons (Fsp3) is 0.474. The van der Waals surface area contributed by atoms with Gasteiger partial charge in [-0.25, -0.2) is 9.48 Å². The molecule has 3 rings (SSSR count). The molecule has 0 spiro atoms.